The molecule has 25 heavy (non-hydrogen) atoms. The van der Waals surface area contributed by atoms with Gasteiger partial charge in [-0.1, -0.05) is 36.8 Å². The summed E-state index contributed by atoms with van der Waals surface area (Å²) in [5, 5.41) is 8.46. The first-order valence-electron chi connectivity index (χ1n) is 8.78. The normalized spacial score (nSPS) is 18.3. The van der Waals surface area contributed by atoms with Crippen LogP contribution in [0.1, 0.15) is 36.8 Å². The summed E-state index contributed by atoms with van der Waals surface area (Å²) in [7, 11) is 0. The van der Waals surface area contributed by atoms with E-state index in [1.807, 2.05) is 0 Å². The number of piperidine rings is 1. The predicted octanol–water partition coefficient (Wildman–Crippen LogP) is 3.30. The minimum Gasteiger partial charge on any atom is -0.417 e. The zero-order valence-electron chi connectivity index (χ0n) is 14.1. The Labute approximate surface area is 146 Å². The van der Waals surface area contributed by atoms with Crippen molar-refractivity contribution in [2.24, 2.45) is 0 Å². The standard InChI is InChI=1S/C19H21N5O/c1-2-6-15(7-3-1)9-13-24-12-5-4-8-17(24)19-23-22-18(25-19)16-14-20-10-11-21-16/h1-3,6-7,10-11,14,17H,4-5,8-9,12-13H2. The number of rotatable bonds is 5. The molecule has 6 heteroatoms. The molecule has 1 saturated heterocycles. The lowest BCUT2D eigenvalue weighted by Crippen LogP contribution is -2.35. The Hall–Kier alpha value is -2.60. The van der Waals surface area contributed by atoms with Crippen LogP contribution in [0.3, 0.4) is 0 Å². The monoisotopic (exact) mass is 335 g/mol. The molecule has 1 aliphatic heterocycles. The van der Waals surface area contributed by atoms with Gasteiger partial charge in [-0.25, -0.2) is 4.98 Å². The molecule has 2 aromatic heterocycles. The summed E-state index contributed by atoms with van der Waals surface area (Å²) in [5.41, 5.74) is 1.98. The lowest BCUT2D eigenvalue weighted by Gasteiger charge is -2.33. The quantitative estimate of drug-likeness (QED) is 0.713. The molecular formula is C19H21N5O. The lowest BCUT2D eigenvalue weighted by atomic mass is 10.0. The van der Waals surface area contributed by atoms with E-state index >= 15 is 0 Å². The van der Waals surface area contributed by atoms with Crippen molar-refractivity contribution >= 4 is 0 Å². The number of nitrogens with zero attached hydrogens (tertiary/aromatic N) is 5. The van der Waals surface area contributed by atoms with Crippen molar-refractivity contribution in [2.75, 3.05) is 13.1 Å². The van der Waals surface area contributed by atoms with Gasteiger partial charge in [0.25, 0.3) is 5.89 Å². The fourth-order valence-electron chi connectivity index (χ4n) is 3.34. The first-order valence-corrected chi connectivity index (χ1v) is 8.78. The second kappa shape index (κ2) is 7.53. The Morgan fingerprint density at radius 1 is 1.08 bits per heavy atom. The second-order valence-electron chi connectivity index (χ2n) is 6.32. The summed E-state index contributed by atoms with van der Waals surface area (Å²) in [4.78, 5) is 10.8. The van der Waals surface area contributed by atoms with Crippen LogP contribution in [-0.2, 0) is 6.42 Å². The van der Waals surface area contributed by atoms with Gasteiger partial charge in [0.15, 0.2) is 0 Å². The third-order valence-electron chi connectivity index (χ3n) is 4.65. The molecule has 0 aliphatic carbocycles. The molecule has 0 amide bonds. The maximum Gasteiger partial charge on any atom is 0.267 e. The van der Waals surface area contributed by atoms with Gasteiger partial charge in [0, 0.05) is 18.9 Å². The number of likely N-dealkylation sites (tertiary alicyclic amines) is 1. The highest BCUT2D eigenvalue weighted by Crippen LogP contribution is 2.31. The molecule has 0 bridgehead atoms. The van der Waals surface area contributed by atoms with E-state index in [0.29, 0.717) is 17.5 Å². The summed E-state index contributed by atoms with van der Waals surface area (Å²) in [6.07, 6.45) is 9.40. The Kier molecular flexibility index (Phi) is 4.79. The van der Waals surface area contributed by atoms with Crippen molar-refractivity contribution in [3.8, 4) is 11.6 Å². The van der Waals surface area contributed by atoms with Gasteiger partial charge in [-0.05, 0) is 31.4 Å². The van der Waals surface area contributed by atoms with Gasteiger partial charge in [0.2, 0.25) is 5.89 Å². The number of hydrogen-bond donors (Lipinski definition) is 0. The van der Waals surface area contributed by atoms with E-state index in [4.69, 9.17) is 4.42 Å². The lowest BCUT2D eigenvalue weighted by molar-refractivity contribution is 0.127. The maximum atomic E-state index is 5.93. The summed E-state index contributed by atoms with van der Waals surface area (Å²) in [6, 6.07) is 10.8. The van der Waals surface area contributed by atoms with Gasteiger partial charge in [-0.3, -0.25) is 9.88 Å². The zero-order chi connectivity index (χ0) is 16.9. The number of benzene rings is 1. The molecule has 4 rings (SSSR count). The molecule has 0 radical (unpaired) electrons. The van der Waals surface area contributed by atoms with E-state index in [9.17, 15) is 0 Å². The zero-order valence-corrected chi connectivity index (χ0v) is 14.1. The van der Waals surface area contributed by atoms with Crippen LogP contribution in [0, 0.1) is 0 Å². The van der Waals surface area contributed by atoms with Crippen LogP contribution >= 0.6 is 0 Å². The van der Waals surface area contributed by atoms with Crippen LogP contribution in [0.25, 0.3) is 11.6 Å². The van der Waals surface area contributed by atoms with Gasteiger partial charge in [-0.2, -0.15) is 0 Å². The highest BCUT2D eigenvalue weighted by Gasteiger charge is 2.28. The van der Waals surface area contributed by atoms with E-state index in [1.54, 1.807) is 18.6 Å². The molecule has 1 atom stereocenters. The Morgan fingerprint density at radius 3 is 2.84 bits per heavy atom. The van der Waals surface area contributed by atoms with Gasteiger partial charge >= 0.3 is 0 Å². The molecule has 1 aliphatic rings. The predicted molar refractivity (Wildman–Crippen MR) is 93.6 cm³/mol. The van der Waals surface area contributed by atoms with Crippen molar-refractivity contribution in [3.63, 3.8) is 0 Å². The molecule has 0 spiro atoms. The third-order valence-corrected chi connectivity index (χ3v) is 4.65. The van der Waals surface area contributed by atoms with E-state index in [0.717, 1.165) is 25.9 Å². The number of aromatic nitrogens is 4. The summed E-state index contributed by atoms with van der Waals surface area (Å²) >= 11 is 0. The molecule has 0 saturated carbocycles. The van der Waals surface area contributed by atoms with Crippen LogP contribution < -0.4 is 0 Å². The molecular weight excluding hydrogens is 314 g/mol. The highest BCUT2D eigenvalue weighted by atomic mass is 16.4. The molecule has 128 valence electrons. The van der Waals surface area contributed by atoms with E-state index in [2.05, 4.69) is 55.4 Å². The van der Waals surface area contributed by atoms with Gasteiger partial charge in [-0.15, -0.1) is 10.2 Å². The average molecular weight is 335 g/mol. The SMILES string of the molecule is c1ccc(CCN2CCCCC2c2nnc(-c3cnccn3)o2)cc1. The van der Waals surface area contributed by atoms with Crippen molar-refractivity contribution < 1.29 is 4.42 Å². The summed E-state index contributed by atoms with van der Waals surface area (Å²) in [5.74, 6) is 1.13. The Morgan fingerprint density at radius 2 is 2.00 bits per heavy atom. The minimum absolute atomic E-state index is 0.190. The maximum absolute atomic E-state index is 5.93. The summed E-state index contributed by atoms with van der Waals surface area (Å²) in [6.45, 7) is 2.07. The van der Waals surface area contributed by atoms with Crippen LogP contribution in [0.2, 0.25) is 0 Å². The minimum atomic E-state index is 0.190. The van der Waals surface area contributed by atoms with Crippen molar-refractivity contribution in [3.05, 3.63) is 60.4 Å². The van der Waals surface area contributed by atoms with Crippen LogP contribution in [-0.4, -0.2) is 38.2 Å². The van der Waals surface area contributed by atoms with E-state index in [1.165, 1.54) is 18.4 Å². The fraction of sp³-hybridized carbons (Fsp3) is 0.368. The second-order valence-corrected chi connectivity index (χ2v) is 6.32. The van der Waals surface area contributed by atoms with Gasteiger partial charge in [0.05, 0.1) is 12.2 Å². The van der Waals surface area contributed by atoms with E-state index in [-0.39, 0.29) is 6.04 Å². The molecule has 6 nitrogen and oxygen atoms in total. The smallest absolute Gasteiger partial charge is 0.267 e. The van der Waals surface area contributed by atoms with Crippen LogP contribution in [0.15, 0.2) is 53.3 Å². The topological polar surface area (TPSA) is 67.9 Å². The van der Waals surface area contributed by atoms with Crippen molar-refractivity contribution in [2.45, 2.75) is 31.7 Å². The summed E-state index contributed by atoms with van der Waals surface area (Å²) < 4.78 is 5.93. The van der Waals surface area contributed by atoms with Crippen LogP contribution in [0.4, 0.5) is 0 Å². The Bertz CT molecular complexity index is 790. The first kappa shape index (κ1) is 15.9. The highest BCUT2D eigenvalue weighted by molar-refractivity contribution is 5.43. The molecule has 1 unspecified atom stereocenters. The van der Waals surface area contributed by atoms with E-state index < -0.39 is 0 Å². The number of hydrogen-bond acceptors (Lipinski definition) is 6. The largest absolute Gasteiger partial charge is 0.417 e. The fourth-order valence-corrected chi connectivity index (χ4v) is 3.34. The first-order chi connectivity index (χ1) is 12.4. The molecule has 0 N–H and O–H groups in total. The third kappa shape index (κ3) is 3.74. The molecule has 1 fully saturated rings. The Balaban J connectivity index is 1.48. The van der Waals surface area contributed by atoms with Crippen molar-refractivity contribution in [1.82, 2.24) is 25.1 Å². The molecule has 1 aromatic carbocycles. The van der Waals surface area contributed by atoms with Crippen LogP contribution in [0.5, 0.6) is 0 Å². The van der Waals surface area contributed by atoms with Gasteiger partial charge in [0.1, 0.15) is 5.69 Å². The van der Waals surface area contributed by atoms with Gasteiger partial charge < -0.3 is 4.42 Å². The van der Waals surface area contributed by atoms with Crippen molar-refractivity contribution in [1.29, 1.82) is 0 Å². The average Bonchev–Trinajstić information content (AvgIpc) is 3.18. The molecule has 3 aromatic rings. The molecule has 3 heterocycles.